The van der Waals surface area contributed by atoms with Gasteiger partial charge in [-0.1, -0.05) is 0 Å². The van der Waals surface area contributed by atoms with Gasteiger partial charge in [0.05, 0.1) is 31.6 Å². The van der Waals surface area contributed by atoms with Crippen molar-refractivity contribution in [3.63, 3.8) is 0 Å². The standard InChI is InChI=1S/C9H15N3O2/c1-10-8-5-13-6-9(8)14-7-3-11-12(2)4-7/h3-4,8-10H,5-6H2,1-2H3. The van der Waals surface area contributed by atoms with Gasteiger partial charge in [-0.2, -0.15) is 5.10 Å². The SMILES string of the molecule is CNC1COCC1Oc1cnn(C)c1. The van der Waals surface area contributed by atoms with Crippen LogP contribution in [0.1, 0.15) is 0 Å². The fraction of sp³-hybridized carbons (Fsp3) is 0.667. The lowest BCUT2D eigenvalue weighted by Crippen LogP contribution is -2.39. The average molecular weight is 197 g/mol. The van der Waals surface area contributed by atoms with Crippen molar-refractivity contribution in [3.8, 4) is 5.75 Å². The summed E-state index contributed by atoms with van der Waals surface area (Å²) in [5.41, 5.74) is 0. The number of aromatic nitrogens is 2. The molecule has 0 saturated carbocycles. The predicted octanol–water partition coefficient (Wildman–Crippen LogP) is -0.214. The second-order valence-corrected chi connectivity index (χ2v) is 3.44. The van der Waals surface area contributed by atoms with E-state index in [9.17, 15) is 0 Å². The van der Waals surface area contributed by atoms with E-state index in [0.29, 0.717) is 13.2 Å². The summed E-state index contributed by atoms with van der Waals surface area (Å²) in [5.74, 6) is 0.795. The largest absolute Gasteiger partial charge is 0.483 e. The molecule has 0 bridgehead atoms. The monoisotopic (exact) mass is 197 g/mol. The maximum Gasteiger partial charge on any atom is 0.157 e. The molecule has 1 saturated heterocycles. The van der Waals surface area contributed by atoms with E-state index in [1.165, 1.54) is 0 Å². The van der Waals surface area contributed by atoms with Gasteiger partial charge in [0.15, 0.2) is 5.75 Å². The third-order valence-electron chi connectivity index (χ3n) is 2.37. The third kappa shape index (κ3) is 1.88. The number of hydrogen-bond donors (Lipinski definition) is 1. The molecule has 2 unspecified atom stereocenters. The minimum Gasteiger partial charge on any atom is -0.483 e. The third-order valence-corrected chi connectivity index (χ3v) is 2.37. The molecule has 1 aromatic rings. The van der Waals surface area contributed by atoms with E-state index in [1.807, 2.05) is 20.3 Å². The maximum atomic E-state index is 5.73. The fourth-order valence-electron chi connectivity index (χ4n) is 1.55. The molecule has 2 atom stereocenters. The van der Waals surface area contributed by atoms with E-state index in [-0.39, 0.29) is 12.1 Å². The Balaban J connectivity index is 1.96. The molecule has 5 heteroatoms. The highest BCUT2D eigenvalue weighted by molar-refractivity contribution is 5.12. The quantitative estimate of drug-likeness (QED) is 0.728. The lowest BCUT2D eigenvalue weighted by Gasteiger charge is -2.17. The zero-order chi connectivity index (χ0) is 9.97. The van der Waals surface area contributed by atoms with Crippen molar-refractivity contribution in [1.29, 1.82) is 0 Å². The van der Waals surface area contributed by atoms with E-state index in [1.54, 1.807) is 10.9 Å². The molecule has 78 valence electrons. The average Bonchev–Trinajstić information content (AvgIpc) is 2.76. The number of nitrogens with one attached hydrogen (secondary N) is 1. The summed E-state index contributed by atoms with van der Waals surface area (Å²) in [6, 6.07) is 0.273. The molecule has 0 spiro atoms. The van der Waals surface area contributed by atoms with Gasteiger partial charge in [-0.3, -0.25) is 4.68 Å². The lowest BCUT2D eigenvalue weighted by molar-refractivity contribution is 0.139. The zero-order valence-corrected chi connectivity index (χ0v) is 8.43. The van der Waals surface area contributed by atoms with E-state index in [0.717, 1.165) is 5.75 Å². The molecule has 0 amide bonds. The van der Waals surface area contributed by atoms with Crippen molar-refractivity contribution >= 4 is 0 Å². The molecule has 0 aromatic carbocycles. The number of likely N-dealkylation sites (N-methyl/N-ethyl adjacent to an activating group) is 1. The fourth-order valence-corrected chi connectivity index (χ4v) is 1.55. The van der Waals surface area contributed by atoms with Crippen molar-refractivity contribution in [2.75, 3.05) is 20.3 Å². The Hall–Kier alpha value is -1.07. The summed E-state index contributed by atoms with van der Waals surface area (Å²) in [4.78, 5) is 0. The van der Waals surface area contributed by atoms with Crippen molar-refractivity contribution in [2.45, 2.75) is 12.1 Å². The van der Waals surface area contributed by atoms with Crippen LogP contribution in [0.25, 0.3) is 0 Å². The number of nitrogens with zero attached hydrogens (tertiary/aromatic N) is 2. The molecular formula is C9H15N3O2. The van der Waals surface area contributed by atoms with Crippen LogP contribution >= 0.6 is 0 Å². The van der Waals surface area contributed by atoms with E-state index < -0.39 is 0 Å². The first-order chi connectivity index (χ1) is 6.79. The smallest absolute Gasteiger partial charge is 0.157 e. The highest BCUT2D eigenvalue weighted by atomic mass is 16.5. The van der Waals surface area contributed by atoms with Crippen LogP contribution in [-0.2, 0) is 11.8 Å². The van der Waals surface area contributed by atoms with Gasteiger partial charge in [0.1, 0.15) is 6.10 Å². The molecule has 1 fully saturated rings. The molecule has 14 heavy (non-hydrogen) atoms. The molecule has 1 aliphatic heterocycles. The predicted molar refractivity (Wildman–Crippen MR) is 51.3 cm³/mol. The van der Waals surface area contributed by atoms with Crippen molar-refractivity contribution in [3.05, 3.63) is 12.4 Å². The molecule has 1 aromatic heterocycles. The highest BCUT2D eigenvalue weighted by Gasteiger charge is 2.28. The Bertz CT molecular complexity index is 300. The van der Waals surface area contributed by atoms with Crippen LogP contribution in [0.3, 0.4) is 0 Å². The van der Waals surface area contributed by atoms with Crippen LogP contribution in [0.4, 0.5) is 0 Å². The topological polar surface area (TPSA) is 48.3 Å². The minimum absolute atomic E-state index is 0.0872. The Kier molecular flexibility index (Phi) is 2.69. The van der Waals surface area contributed by atoms with Gasteiger partial charge in [0.2, 0.25) is 0 Å². The van der Waals surface area contributed by atoms with E-state index in [4.69, 9.17) is 9.47 Å². The molecule has 0 radical (unpaired) electrons. The molecular weight excluding hydrogens is 182 g/mol. The summed E-state index contributed by atoms with van der Waals surface area (Å²) in [7, 11) is 3.78. The minimum atomic E-state index is 0.0872. The van der Waals surface area contributed by atoms with Crippen LogP contribution in [-0.4, -0.2) is 42.2 Å². The summed E-state index contributed by atoms with van der Waals surface area (Å²) in [5, 5.41) is 7.20. The Labute approximate surface area is 83.0 Å². The summed E-state index contributed by atoms with van der Waals surface area (Å²) >= 11 is 0. The van der Waals surface area contributed by atoms with Crippen LogP contribution in [0.15, 0.2) is 12.4 Å². The molecule has 1 aliphatic rings. The van der Waals surface area contributed by atoms with E-state index >= 15 is 0 Å². The lowest BCUT2D eigenvalue weighted by atomic mass is 10.2. The van der Waals surface area contributed by atoms with Crippen molar-refractivity contribution < 1.29 is 9.47 Å². The summed E-state index contributed by atoms with van der Waals surface area (Å²) in [6.07, 6.45) is 3.65. The van der Waals surface area contributed by atoms with Crippen LogP contribution in [0.2, 0.25) is 0 Å². The normalized spacial score (nSPS) is 26.7. The Morgan fingerprint density at radius 2 is 2.50 bits per heavy atom. The molecule has 5 nitrogen and oxygen atoms in total. The number of hydrogen-bond acceptors (Lipinski definition) is 4. The van der Waals surface area contributed by atoms with Crippen LogP contribution in [0, 0.1) is 0 Å². The van der Waals surface area contributed by atoms with Gasteiger partial charge in [-0.15, -0.1) is 0 Å². The second-order valence-electron chi connectivity index (χ2n) is 3.44. The highest BCUT2D eigenvalue weighted by Crippen LogP contribution is 2.15. The molecule has 2 heterocycles. The first-order valence-electron chi connectivity index (χ1n) is 4.70. The Morgan fingerprint density at radius 1 is 1.64 bits per heavy atom. The summed E-state index contributed by atoms with van der Waals surface area (Å²) in [6.45, 7) is 1.35. The number of ether oxygens (including phenoxy) is 2. The van der Waals surface area contributed by atoms with Gasteiger partial charge < -0.3 is 14.8 Å². The van der Waals surface area contributed by atoms with Gasteiger partial charge in [0, 0.05) is 7.05 Å². The second kappa shape index (κ2) is 3.98. The Morgan fingerprint density at radius 3 is 3.14 bits per heavy atom. The first-order valence-corrected chi connectivity index (χ1v) is 4.70. The first kappa shape index (κ1) is 9.48. The van der Waals surface area contributed by atoms with Crippen molar-refractivity contribution in [2.24, 2.45) is 7.05 Å². The number of rotatable bonds is 3. The van der Waals surface area contributed by atoms with Crippen LogP contribution < -0.4 is 10.1 Å². The van der Waals surface area contributed by atoms with Gasteiger partial charge in [0.25, 0.3) is 0 Å². The summed E-state index contributed by atoms with van der Waals surface area (Å²) < 4.78 is 12.8. The molecule has 2 rings (SSSR count). The van der Waals surface area contributed by atoms with Crippen LogP contribution in [0.5, 0.6) is 5.75 Å². The zero-order valence-electron chi connectivity index (χ0n) is 8.43. The molecule has 0 aliphatic carbocycles. The van der Waals surface area contributed by atoms with Gasteiger partial charge >= 0.3 is 0 Å². The van der Waals surface area contributed by atoms with Crippen molar-refractivity contribution in [1.82, 2.24) is 15.1 Å². The van der Waals surface area contributed by atoms with E-state index in [2.05, 4.69) is 10.4 Å². The maximum absolute atomic E-state index is 5.73. The number of aryl methyl sites for hydroxylation is 1. The molecule has 1 N–H and O–H groups in total. The van der Waals surface area contributed by atoms with Gasteiger partial charge in [-0.25, -0.2) is 0 Å². The van der Waals surface area contributed by atoms with Gasteiger partial charge in [-0.05, 0) is 7.05 Å².